The van der Waals surface area contributed by atoms with Crippen molar-refractivity contribution in [3.05, 3.63) is 0 Å². The summed E-state index contributed by atoms with van der Waals surface area (Å²) in [6, 6.07) is -8.88. The van der Waals surface area contributed by atoms with Gasteiger partial charge in [-0.2, -0.15) is 13.2 Å². The van der Waals surface area contributed by atoms with Crippen molar-refractivity contribution in [1.82, 2.24) is 55.1 Å². The van der Waals surface area contributed by atoms with Gasteiger partial charge in [0, 0.05) is 74.2 Å². The van der Waals surface area contributed by atoms with Gasteiger partial charge in [0.2, 0.25) is 65.0 Å². The molecule has 11 amide bonds. The average molecular weight is 1310 g/mol. The van der Waals surface area contributed by atoms with E-state index in [1.807, 2.05) is 20.8 Å². The van der Waals surface area contributed by atoms with E-state index in [9.17, 15) is 61.1 Å². The predicted octanol–water partition coefficient (Wildman–Crippen LogP) is 5.81. The smallest absolute Gasteiger partial charge is 0.351 e. The molecule has 26 heteroatoms. The van der Waals surface area contributed by atoms with Gasteiger partial charge in [-0.25, -0.2) is 0 Å². The number of hydrogen-bond acceptors (Lipinski definition) is 11. The summed E-state index contributed by atoms with van der Waals surface area (Å²) in [5, 5.41) is 8.43. The number of likely N-dealkylation sites (N-methyl/N-ethyl adjacent to an activating group) is 8. The SMILES string of the molecule is CC[C@H](C)[C@@H]1NC(=O)[C@H](C)N(C)C(=O)C[C@@H](C)NC(=O)[C@H](CC(C)C)N(C)C(=O)[C@H](CC2CCCCC2)N(C)C(=O)[C@H](C)N(C)C(=O)[C@H](CCC2CCC(C(F)(F)F)CC2)NC(=O)CN(C)C(=O)[C@H](CC2CCC(Cl)CC2)N(C)C(=O)CN(C)C(=O)CN(C)C1=O. The summed E-state index contributed by atoms with van der Waals surface area (Å²) < 4.78 is 41.3. The molecule has 4 fully saturated rings. The molecule has 4 aliphatic rings. The number of carbonyl (C=O) groups is 11. The van der Waals surface area contributed by atoms with Crippen LogP contribution in [0.4, 0.5) is 13.2 Å². The highest BCUT2D eigenvalue weighted by Crippen LogP contribution is 2.41. The first-order valence-corrected chi connectivity index (χ1v) is 33.6. The van der Waals surface area contributed by atoms with Gasteiger partial charge in [0.25, 0.3) is 0 Å². The van der Waals surface area contributed by atoms with Gasteiger partial charge in [-0.1, -0.05) is 66.2 Å². The Kier molecular flexibility index (Phi) is 30.3. The molecule has 1 saturated heterocycles. The fourth-order valence-corrected chi connectivity index (χ4v) is 13.4. The number of amides is 11. The molecule has 0 unspecified atom stereocenters. The van der Waals surface area contributed by atoms with Crippen LogP contribution in [0.3, 0.4) is 0 Å². The lowest BCUT2D eigenvalue weighted by Gasteiger charge is -2.39. The van der Waals surface area contributed by atoms with E-state index >= 15 is 4.79 Å². The predicted molar refractivity (Wildman–Crippen MR) is 340 cm³/mol. The van der Waals surface area contributed by atoms with Crippen LogP contribution < -0.4 is 16.0 Å². The summed E-state index contributed by atoms with van der Waals surface area (Å²) in [7, 11) is 11.4. The topological polar surface area (TPSA) is 250 Å². The molecule has 1 aliphatic heterocycles. The number of hydrogen-bond donors (Lipinski definition) is 3. The van der Waals surface area contributed by atoms with E-state index in [1.165, 1.54) is 94.7 Å². The number of carbonyl (C=O) groups excluding carboxylic acids is 11. The molecule has 91 heavy (non-hydrogen) atoms. The summed E-state index contributed by atoms with van der Waals surface area (Å²) in [6.45, 7) is 10.4. The Morgan fingerprint density at radius 2 is 1.02 bits per heavy atom. The zero-order valence-corrected chi connectivity index (χ0v) is 57.8. The van der Waals surface area contributed by atoms with Crippen LogP contribution in [0.5, 0.6) is 0 Å². The molecule has 3 saturated carbocycles. The monoisotopic (exact) mass is 1310 g/mol. The zero-order chi connectivity index (χ0) is 68.5. The highest BCUT2D eigenvalue weighted by molar-refractivity contribution is 6.20. The first-order chi connectivity index (χ1) is 42.5. The normalized spacial score (nSPS) is 30.4. The van der Waals surface area contributed by atoms with E-state index in [0.717, 1.165) is 46.8 Å². The average Bonchev–Trinajstić information content (AvgIpc) is 0.899. The Morgan fingerprint density at radius 1 is 0.495 bits per heavy atom. The number of nitrogens with zero attached hydrogens (tertiary/aromatic N) is 8. The van der Waals surface area contributed by atoms with Gasteiger partial charge in [0.15, 0.2) is 0 Å². The lowest BCUT2D eigenvalue weighted by Crippen LogP contribution is -2.59. The summed E-state index contributed by atoms with van der Waals surface area (Å²) in [6.07, 6.45) is 4.18. The molecule has 22 nitrogen and oxygen atoms in total. The van der Waals surface area contributed by atoms with Crippen LogP contribution in [-0.2, 0) is 52.7 Å². The highest BCUT2D eigenvalue weighted by atomic mass is 35.5. The second kappa shape index (κ2) is 35.5. The summed E-state index contributed by atoms with van der Waals surface area (Å²) in [5.74, 6) is -9.00. The maximum Gasteiger partial charge on any atom is 0.391 e. The van der Waals surface area contributed by atoms with Gasteiger partial charge in [0.05, 0.1) is 25.6 Å². The molecule has 9 atom stereocenters. The molecule has 0 aromatic rings. The summed E-state index contributed by atoms with van der Waals surface area (Å²) >= 11 is 6.48. The molecule has 518 valence electrons. The Balaban J connectivity index is 1.79. The van der Waals surface area contributed by atoms with Gasteiger partial charge in [-0.05, 0) is 134 Å². The van der Waals surface area contributed by atoms with Crippen molar-refractivity contribution in [1.29, 1.82) is 0 Å². The molecule has 0 aromatic heterocycles. The van der Waals surface area contributed by atoms with Crippen molar-refractivity contribution in [2.24, 2.45) is 35.5 Å². The van der Waals surface area contributed by atoms with Crippen LogP contribution in [0.2, 0.25) is 0 Å². The Morgan fingerprint density at radius 3 is 1.58 bits per heavy atom. The number of nitrogens with one attached hydrogen (secondary N) is 3. The third kappa shape index (κ3) is 22.5. The van der Waals surface area contributed by atoms with Gasteiger partial charge in [-0.3, -0.25) is 52.7 Å². The van der Waals surface area contributed by atoms with Crippen LogP contribution in [-0.4, -0.2) is 240 Å². The lowest BCUT2D eigenvalue weighted by atomic mass is 9.79. The molecular formula is C65H109ClF3N11O11. The van der Waals surface area contributed by atoms with Gasteiger partial charge >= 0.3 is 6.18 Å². The van der Waals surface area contributed by atoms with E-state index in [0.29, 0.717) is 32.1 Å². The Bertz CT molecular complexity index is 2510. The fraction of sp³-hybridized carbons (Fsp3) is 0.831. The Hall–Kier alpha value is -5.75. The molecule has 0 aromatic carbocycles. The summed E-state index contributed by atoms with van der Waals surface area (Å²) in [5.41, 5.74) is 0. The number of rotatable bonds is 11. The van der Waals surface area contributed by atoms with E-state index in [1.54, 1.807) is 13.8 Å². The van der Waals surface area contributed by atoms with Crippen molar-refractivity contribution >= 4 is 76.6 Å². The van der Waals surface area contributed by atoms with E-state index in [-0.39, 0.29) is 93.3 Å². The van der Waals surface area contributed by atoms with E-state index in [4.69, 9.17) is 11.6 Å². The number of halogens is 4. The van der Waals surface area contributed by atoms with Crippen molar-refractivity contribution in [3.63, 3.8) is 0 Å². The molecule has 0 spiro atoms. The second-order valence-electron chi connectivity index (χ2n) is 27.6. The quantitative estimate of drug-likeness (QED) is 0.208. The maximum absolute atomic E-state index is 15.2. The molecule has 4 rings (SSSR count). The standard InChI is InChI=1S/C65H109ClF3N11O11/c1-16-40(4)57-64(91)75(10)37-55(83)73(8)38-56(84)78(13)51(35-46-24-29-48(66)30-25-46)62(89)74(9)36-53(81)71-49(31-26-44-22-27-47(28-23-44)65(67,68)69)61(88)77(12)43(7)60(87)80(15)52(34-45-20-18-17-19-21-45)63(90)79(14)50(32-39(2)3)59(86)70-41(5)33-54(82)76(11)42(6)58(85)72-57/h39-52,57H,16-38H2,1-15H3,(H,70,86)(H,71,81)(H,72,85)/t40-,41+,42-,43-,44?,46?,47?,48?,49-,50-,51-,52-,57-/m0/s1. The van der Waals surface area contributed by atoms with Crippen molar-refractivity contribution in [2.45, 2.75) is 237 Å². The van der Waals surface area contributed by atoms with E-state index < -0.39 is 151 Å². The van der Waals surface area contributed by atoms with Gasteiger partial charge < -0.3 is 55.1 Å². The molecule has 0 radical (unpaired) electrons. The van der Waals surface area contributed by atoms with Crippen LogP contribution in [0.25, 0.3) is 0 Å². The van der Waals surface area contributed by atoms with Crippen molar-refractivity contribution in [2.75, 3.05) is 76.0 Å². The molecule has 0 bridgehead atoms. The van der Waals surface area contributed by atoms with Crippen LogP contribution >= 0.6 is 11.6 Å². The zero-order valence-electron chi connectivity index (χ0n) is 57.0. The number of alkyl halides is 4. The minimum Gasteiger partial charge on any atom is -0.351 e. The van der Waals surface area contributed by atoms with Crippen LogP contribution in [0.1, 0.15) is 177 Å². The van der Waals surface area contributed by atoms with E-state index in [2.05, 4.69) is 16.0 Å². The first kappa shape index (κ1) is 77.7. The molecule has 3 N–H and O–H groups in total. The van der Waals surface area contributed by atoms with Crippen molar-refractivity contribution in [3.8, 4) is 0 Å². The fourth-order valence-electron chi connectivity index (χ4n) is 13.2. The minimum absolute atomic E-state index is 0.0194. The van der Waals surface area contributed by atoms with Crippen LogP contribution in [0.15, 0.2) is 0 Å². The molecular weight excluding hydrogens is 1200 g/mol. The van der Waals surface area contributed by atoms with Crippen molar-refractivity contribution < 1.29 is 65.9 Å². The third-order valence-electron chi connectivity index (χ3n) is 20.1. The Labute approximate surface area is 543 Å². The third-order valence-corrected chi connectivity index (χ3v) is 20.5. The second-order valence-corrected chi connectivity index (χ2v) is 28.2. The van der Waals surface area contributed by atoms with Gasteiger partial charge in [-0.15, -0.1) is 11.6 Å². The first-order valence-electron chi connectivity index (χ1n) is 33.1. The molecule has 1 heterocycles. The minimum atomic E-state index is -4.35. The summed E-state index contributed by atoms with van der Waals surface area (Å²) in [4.78, 5) is 168. The maximum atomic E-state index is 15.2. The van der Waals surface area contributed by atoms with Crippen LogP contribution in [0, 0.1) is 35.5 Å². The molecule has 3 aliphatic carbocycles. The largest absolute Gasteiger partial charge is 0.391 e. The lowest BCUT2D eigenvalue weighted by molar-refractivity contribution is -0.184. The highest BCUT2D eigenvalue weighted by Gasteiger charge is 2.44. The van der Waals surface area contributed by atoms with Gasteiger partial charge in [0.1, 0.15) is 42.3 Å².